The highest BCUT2D eigenvalue weighted by Crippen LogP contribution is 2.33. The number of phenolic OH excluding ortho intramolecular Hbond substituents is 1. The van der Waals surface area contributed by atoms with Crippen LogP contribution in [0.5, 0.6) is 5.75 Å². The summed E-state index contributed by atoms with van der Waals surface area (Å²) >= 11 is 0. The van der Waals surface area contributed by atoms with Crippen molar-refractivity contribution in [2.75, 3.05) is 18.0 Å². The minimum Gasteiger partial charge on any atom is -0.508 e. The van der Waals surface area contributed by atoms with Crippen LogP contribution in [-0.4, -0.2) is 33.1 Å². The molecule has 0 amide bonds. The van der Waals surface area contributed by atoms with E-state index in [0.29, 0.717) is 0 Å². The Hall–Kier alpha value is -2.30. The number of rotatable bonds is 3. The van der Waals surface area contributed by atoms with Crippen molar-refractivity contribution in [2.45, 2.75) is 20.8 Å². The number of phenols is 1. The van der Waals surface area contributed by atoms with Gasteiger partial charge in [-0.05, 0) is 39.0 Å². The van der Waals surface area contributed by atoms with E-state index in [1.807, 2.05) is 13.0 Å². The number of anilines is 1. The maximum atomic E-state index is 9.74. The molecule has 1 aromatic carbocycles. The molecule has 0 unspecified atom stereocenters. The van der Waals surface area contributed by atoms with Crippen molar-refractivity contribution in [1.29, 1.82) is 0 Å². The third-order valence-electron chi connectivity index (χ3n) is 3.59. The SMILES string of the molecule is CCN(CC)c1nc(C)nc2[nH]c3ccc(O)cc3c12. The molecule has 0 aliphatic rings. The van der Waals surface area contributed by atoms with E-state index in [2.05, 4.69) is 33.7 Å². The van der Waals surface area contributed by atoms with E-state index in [0.717, 1.165) is 46.7 Å². The number of nitrogens with one attached hydrogen (secondary N) is 1. The van der Waals surface area contributed by atoms with Crippen molar-refractivity contribution in [3.8, 4) is 5.75 Å². The van der Waals surface area contributed by atoms with Gasteiger partial charge in [0.05, 0.1) is 5.39 Å². The summed E-state index contributed by atoms with van der Waals surface area (Å²) in [7, 11) is 0. The molecule has 0 radical (unpaired) electrons. The van der Waals surface area contributed by atoms with Gasteiger partial charge in [0, 0.05) is 24.0 Å². The lowest BCUT2D eigenvalue weighted by Crippen LogP contribution is -2.23. The summed E-state index contributed by atoms with van der Waals surface area (Å²) in [5, 5.41) is 11.7. The second-order valence-electron chi connectivity index (χ2n) is 4.85. The minimum atomic E-state index is 0.254. The lowest BCUT2D eigenvalue weighted by atomic mass is 10.2. The number of fused-ring (bicyclic) bond motifs is 3. The second-order valence-corrected chi connectivity index (χ2v) is 4.85. The monoisotopic (exact) mass is 270 g/mol. The number of aromatic nitrogens is 3. The Balaban J connectivity index is 2.42. The van der Waals surface area contributed by atoms with Crippen molar-refractivity contribution in [3.05, 3.63) is 24.0 Å². The van der Waals surface area contributed by atoms with Gasteiger partial charge >= 0.3 is 0 Å². The molecular weight excluding hydrogens is 252 g/mol. The predicted octanol–water partition coefficient (Wildman–Crippen LogP) is 2.97. The molecule has 20 heavy (non-hydrogen) atoms. The Morgan fingerprint density at radius 1 is 1.20 bits per heavy atom. The van der Waals surface area contributed by atoms with E-state index < -0.39 is 0 Å². The lowest BCUT2D eigenvalue weighted by molar-refractivity contribution is 0.476. The van der Waals surface area contributed by atoms with Crippen molar-refractivity contribution in [2.24, 2.45) is 0 Å². The predicted molar refractivity (Wildman–Crippen MR) is 81.4 cm³/mol. The van der Waals surface area contributed by atoms with E-state index in [9.17, 15) is 5.11 Å². The van der Waals surface area contributed by atoms with E-state index in [4.69, 9.17) is 0 Å². The molecule has 104 valence electrons. The summed E-state index contributed by atoms with van der Waals surface area (Å²) in [6.07, 6.45) is 0. The highest BCUT2D eigenvalue weighted by molar-refractivity contribution is 6.11. The lowest BCUT2D eigenvalue weighted by Gasteiger charge is -2.20. The summed E-state index contributed by atoms with van der Waals surface area (Å²) in [5.41, 5.74) is 1.78. The van der Waals surface area contributed by atoms with Gasteiger partial charge in [-0.15, -0.1) is 0 Å². The van der Waals surface area contributed by atoms with Gasteiger partial charge in [-0.3, -0.25) is 0 Å². The molecule has 5 heteroatoms. The molecule has 0 aliphatic carbocycles. The Morgan fingerprint density at radius 2 is 1.95 bits per heavy atom. The Kier molecular flexibility index (Phi) is 2.97. The summed E-state index contributed by atoms with van der Waals surface area (Å²) in [6.45, 7) is 7.88. The highest BCUT2D eigenvalue weighted by Gasteiger charge is 2.16. The number of aromatic amines is 1. The van der Waals surface area contributed by atoms with Crippen molar-refractivity contribution in [3.63, 3.8) is 0 Å². The minimum absolute atomic E-state index is 0.254. The zero-order valence-electron chi connectivity index (χ0n) is 11.9. The van der Waals surface area contributed by atoms with Crippen molar-refractivity contribution in [1.82, 2.24) is 15.0 Å². The van der Waals surface area contributed by atoms with Gasteiger partial charge in [0.2, 0.25) is 0 Å². The molecular formula is C15H18N4O. The normalized spacial score (nSPS) is 11.3. The molecule has 3 aromatic rings. The molecule has 0 saturated carbocycles. The topological polar surface area (TPSA) is 65.0 Å². The fourth-order valence-corrected chi connectivity index (χ4v) is 2.62. The number of hydrogen-bond donors (Lipinski definition) is 2. The van der Waals surface area contributed by atoms with Crippen molar-refractivity contribution < 1.29 is 5.11 Å². The Bertz CT molecular complexity index is 774. The summed E-state index contributed by atoms with van der Waals surface area (Å²) in [6, 6.07) is 5.31. The molecule has 0 saturated heterocycles. The molecule has 0 fully saturated rings. The molecule has 0 bridgehead atoms. The standard InChI is InChI=1S/C15H18N4O/c1-4-19(5-2)15-13-11-8-10(20)6-7-12(11)18-14(13)16-9(3)17-15/h6-8,20H,4-5H2,1-3H3,(H,16,17,18). The van der Waals surface area contributed by atoms with E-state index >= 15 is 0 Å². The molecule has 5 nitrogen and oxygen atoms in total. The highest BCUT2D eigenvalue weighted by atomic mass is 16.3. The quantitative estimate of drug-likeness (QED) is 0.768. The maximum absolute atomic E-state index is 9.74. The van der Waals surface area contributed by atoms with Crippen LogP contribution in [0.4, 0.5) is 5.82 Å². The van der Waals surface area contributed by atoms with Crippen LogP contribution in [0.15, 0.2) is 18.2 Å². The van der Waals surface area contributed by atoms with E-state index in [1.165, 1.54) is 0 Å². The summed E-state index contributed by atoms with van der Waals surface area (Å²) < 4.78 is 0. The average Bonchev–Trinajstić information content (AvgIpc) is 2.77. The first-order chi connectivity index (χ1) is 9.63. The van der Waals surface area contributed by atoms with Gasteiger partial charge in [0.1, 0.15) is 23.0 Å². The van der Waals surface area contributed by atoms with E-state index in [-0.39, 0.29) is 5.75 Å². The third kappa shape index (κ3) is 1.86. The first-order valence-corrected chi connectivity index (χ1v) is 6.88. The zero-order chi connectivity index (χ0) is 14.3. The number of H-pyrrole nitrogens is 1. The van der Waals surface area contributed by atoms with E-state index in [1.54, 1.807) is 12.1 Å². The molecule has 2 heterocycles. The van der Waals surface area contributed by atoms with Gasteiger partial charge in [0.25, 0.3) is 0 Å². The average molecular weight is 270 g/mol. The molecule has 2 N–H and O–H groups in total. The van der Waals surface area contributed by atoms with Crippen LogP contribution in [-0.2, 0) is 0 Å². The first-order valence-electron chi connectivity index (χ1n) is 6.88. The smallest absolute Gasteiger partial charge is 0.144 e. The van der Waals surface area contributed by atoms with Crippen LogP contribution in [0.3, 0.4) is 0 Å². The van der Waals surface area contributed by atoms with Crippen LogP contribution < -0.4 is 4.90 Å². The molecule has 2 aromatic heterocycles. The maximum Gasteiger partial charge on any atom is 0.144 e. The van der Waals surface area contributed by atoms with Gasteiger partial charge in [-0.2, -0.15) is 0 Å². The Morgan fingerprint density at radius 3 is 2.65 bits per heavy atom. The first kappa shape index (κ1) is 12.7. The van der Waals surface area contributed by atoms with Gasteiger partial charge < -0.3 is 15.0 Å². The van der Waals surface area contributed by atoms with Crippen LogP contribution in [0.1, 0.15) is 19.7 Å². The van der Waals surface area contributed by atoms with Gasteiger partial charge in [-0.25, -0.2) is 9.97 Å². The fourth-order valence-electron chi connectivity index (χ4n) is 2.62. The summed E-state index contributed by atoms with van der Waals surface area (Å²) in [4.78, 5) is 14.6. The zero-order valence-corrected chi connectivity index (χ0v) is 11.9. The number of aromatic hydroxyl groups is 1. The van der Waals surface area contributed by atoms with Gasteiger partial charge in [0.15, 0.2) is 0 Å². The number of hydrogen-bond acceptors (Lipinski definition) is 4. The largest absolute Gasteiger partial charge is 0.508 e. The van der Waals surface area contributed by atoms with Crippen LogP contribution in [0.2, 0.25) is 0 Å². The van der Waals surface area contributed by atoms with Crippen LogP contribution in [0, 0.1) is 6.92 Å². The second kappa shape index (κ2) is 4.67. The number of benzene rings is 1. The molecule has 0 atom stereocenters. The molecule has 0 spiro atoms. The van der Waals surface area contributed by atoms with Crippen LogP contribution in [0.25, 0.3) is 21.9 Å². The molecule has 3 rings (SSSR count). The number of aryl methyl sites for hydroxylation is 1. The Labute approximate surface area is 117 Å². The third-order valence-corrected chi connectivity index (χ3v) is 3.59. The summed E-state index contributed by atoms with van der Waals surface area (Å²) in [5.74, 6) is 1.93. The molecule has 0 aliphatic heterocycles. The number of nitrogens with zero attached hydrogens (tertiary/aromatic N) is 3. The van der Waals surface area contributed by atoms with Crippen LogP contribution >= 0.6 is 0 Å². The van der Waals surface area contributed by atoms with Gasteiger partial charge in [-0.1, -0.05) is 0 Å². The van der Waals surface area contributed by atoms with Crippen molar-refractivity contribution >= 4 is 27.8 Å². The fraction of sp³-hybridized carbons (Fsp3) is 0.333.